The van der Waals surface area contributed by atoms with E-state index in [1.54, 1.807) is 20.8 Å². The second-order valence-electron chi connectivity index (χ2n) is 10.7. The highest BCUT2D eigenvalue weighted by Gasteiger charge is 2.59. The van der Waals surface area contributed by atoms with Crippen LogP contribution in [0.4, 0.5) is 18.0 Å². The molecule has 0 amide bonds. The first-order chi connectivity index (χ1) is 13.5. The maximum absolute atomic E-state index is 13.8. The van der Waals surface area contributed by atoms with E-state index in [4.69, 9.17) is 14.2 Å². The van der Waals surface area contributed by atoms with Crippen molar-refractivity contribution in [2.45, 2.75) is 104 Å². The van der Waals surface area contributed by atoms with E-state index in [-0.39, 0.29) is 36.2 Å². The van der Waals surface area contributed by atoms with Crippen LogP contribution in [0.3, 0.4) is 0 Å². The molecule has 0 saturated heterocycles. The van der Waals surface area contributed by atoms with Crippen LogP contribution < -0.4 is 0 Å². The molecule has 8 heteroatoms. The summed E-state index contributed by atoms with van der Waals surface area (Å²) in [5.41, 5.74) is -4.14. The number of esters is 1. The average molecular weight is 437 g/mol. The Labute approximate surface area is 177 Å². The van der Waals surface area contributed by atoms with Gasteiger partial charge in [-0.3, -0.25) is 4.79 Å². The molecule has 5 nitrogen and oxygen atoms in total. The standard InChI is InChI=1S/C22H35F3O5/c1-8-20(5,6)17(26)28-16-11-13-9-14(16)10-15(13)12-21(7,22(23,24)25)30-18(27)29-19(2,3)4/h13-16H,8-12H2,1-7H3. The maximum Gasteiger partial charge on any atom is 0.509 e. The first-order valence-corrected chi connectivity index (χ1v) is 10.7. The van der Waals surface area contributed by atoms with Gasteiger partial charge < -0.3 is 14.2 Å². The van der Waals surface area contributed by atoms with E-state index in [1.165, 1.54) is 0 Å². The first-order valence-electron chi connectivity index (χ1n) is 10.7. The zero-order valence-electron chi connectivity index (χ0n) is 19.0. The third kappa shape index (κ3) is 5.61. The maximum atomic E-state index is 13.8. The minimum absolute atomic E-state index is 0.0152. The number of hydrogen-bond donors (Lipinski definition) is 0. The first kappa shape index (κ1) is 24.8. The molecule has 2 aliphatic carbocycles. The van der Waals surface area contributed by atoms with Gasteiger partial charge in [0.25, 0.3) is 0 Å². The van der Waals surface area contributed by atoms with Crippen LogP contribution in [0.2, 0.25) is 0 Å². The number of fused-ring (bicyclic) bond motifs is 2. The fourth-order valence-corrected chi connectivity index (χ4v) is 4.35. The van der Waals surface area contributed by atoms with Crippen molar-refractivity contribution in [2.24, 2.45) is 23.2 Å². The topological polar surface area (TPSA) is 61.8 Å². The number of rotatable bonds is 6. The molecule has 0 aromatic heterocycles. The van der Waals surface area contributed by atoms with Crippen LogP contribution in [-0.2, 0) is 19.0 Å². The lowest BCUT2D eigenvalue weighted by atomic mass is 9.79. The van der Waals surface area contributed by atoms with E-state index < -0.39 is 28.9 Å². The summed E-state index contributed by atoms with van der Waals surface area (Å²) in [6.07, 6.45) is -4.13. The molecule has 0 aromatic carbocycles. The lowest BCUT2D eigenvalue weighted by Crippen LogP contribution is -2.49. The van der Waals surface area contributed by atoms with Crippen molar-refractivity contribution >= 4 is 12.1 Å². The van der Waals surface area contributed by atoms with Crippen LogP contribution in [0.1, 0.15) is 80.6 Å². The van der Waals surface area contributed by atoms with Crippen molar-refractivity contribution in [1.82, 2.24) is 0 Å². The normalized spacial score (nSPS) is 28.7. The van der Waals surface area contributed by atoms with E-state index in [9.17, 15) is 22.8 Å². The zero-order valence-corrected chi connectivity index (χ0v) is 19.0. The minimum atomic E-state index is -4.72. The molecular formula is C22H35F3O5. The van der Waals surface area contributed by atoms with E-state index in [0.717, 1.165) is 13.3 Å². The van der Waals surface area contributed by atoms with Gasteiger partial charge in [-0.25, -0.2) is 4.79 Å². The Kier molecular flexibility index (Phi) is 6.80. The number of hydrogen-bond acceptors (Lipinski definition) is 5. The average Bonchev–Trinajstić information content (AvgIpc) is 3.11. The summed E-state index contributed by atoms with van der Waals surface area (Å²) in [6, 6.07) is 0. The SMILES string of the molecule is CCC(C)(C)C(=O)OC1CC2CC1CC2CC(C)(OC(=O)OC(C)(C)C)C(F)(F)F. The molecule has 5 atom stereocenters. The summed E-state index contributed by atoms with van der Waals surface area (Å²) in [7, 11) is 0. The van der Waals surface area contributed by atoms with Gasteiger partial charge in [0.05, 0.1) is 5.41 Å². The second kappa shape index (κ2) is 8.23. The minimum Gasteiger partial charge on any atom is -0.462 e. The summed E-state index contributed by atoms with van der Waals surface area (Å²) in [4.78, 5) is 24.3. The third-order valence-electron chi connectivity index (χ3n) is 6.58. The van der Waals surface area contributed by atoms with Gasteiger partial charge in [-0.1, -0.05) is 6.92 Å². The van der Waals surface area contributed by atoms with Crippen LogP contribution in [0, 0.1) is 23.2 Å². The Bertz CT molecular complexity index is 652. The van der Waals surface area contributed by atoms with Gasteiger partial charge in [0, 0.05) is 0 Å². The highest BCUT2D eigenvalue weighted by Crippen LogP contribution is 2.54. The zero-order chi connectivity index (χ0) is 23.1. The number of carbonyl (C=O) groups is 2. The van der Waals surface area contributed by atoms with Crippen LogP contribution >= 0.6 is 0 Å². The van der Waals surface area contributed by atoms with Crippen LogP contribution in [0.25, 0.3) is 0 Å². The van der Waals surface area contributed by atoms with Crippen molar-refractivity contribution in [3.8, 4) is 0 Å². The number of halogens is 3. The second-order valence-corrected chi connectivity index (χ2v) is 10.7. The Hall–Kier alpha value is -1.47. The molecule has 0 N–H and O–H groups in total. The Morgan fingerprint density at radius 1 is 0.900 bits per heavy atom. The molecule has 0 heterocycles. The van der Waals surface area contributed by atoms with Gasteiger partial charge in [-0.15, -0.1) is 0 Å². The lowest BCUT2D eigenvalue weighted by Gasteiger charge is -2.37. The molecule has 0 aromatic rings. The van der Waals surface area contributed by atoms with Crippen LogP contribution in [-0.4, -0.2) is 35.6 Å². The molecule has 0 aliphatic heterocycles. The molecule has 0 spiro atoms. The van der Waals surface area contributed by atoms with E-state index in [1.807, 2.05) is 20.8 Å². The largest absolute Gasteiger partial charge is 0.509 e. The molecule has 2 fully saturated rings. The number of carbonyl (C=O) groups excluding carboxylic acids is 2. The third-order valence-corrected chi connectivity index (χ3v) is 6.58. The van der Waals surface area contributed by atoms with Gasteiger partial charge >= 0.3 is 18.3 Å². The summed E-state index contributed by atoms with van der Waals surface area (Å²) in [6.45, 7) is 11.2. The molecular weight excluding hydrogens is 401 g/mol. The molecule has 30 heavy (non-hydrogen) atoms. The highest BCUT2D eigenvalue weighted by molar-refractivity contribution is 5.76. The summed E-state index contributed by atoms with van der Waals surface area (Å²) in [5, 5.41) is 0. The van der Waals surface area contributed by atoms with Gasteiger partial charge in [-0.2, -0.15) is 13.2 Å². The van der Waals surface area contributed by atoms with Crippen molar-refractivity contribution in [1.29, 1.82) is 0 Å². The molecule has 5 unspecified atom stereocenters. The predicted molar refractivity (Wildman–Crippen MR) is 105 cm³/mol. The Balaban J connectivity index is 2.02. The quantitative estimate of drug-likeness (QED) is 0.475. The van der Waals surface area contributed by atoms with E-state index >= 15 is 0 Å². The number of alkyl halides is 3. The highest BCUT2D eigenvalue weighted by atomic mass is 19.4. The Morgan fingerprint density at radius 2 is 1.50 bits per heavy atom. The summed E-state index contributed by atoms with van der Waals surface area (Å²) < 4.78 is 56.9. The molecule has 2 aliphatic rings. The predicted octanol–water partition coefficient (Wildman–Crippen LogP) is 6.04. The van der Waals surface area contributed by atoms with Crippen molar-refractivity contribution < 1.29 is 37.0 Å². The molecule has 2 bridgehead atoms. The fraction of sp³-hybridized carbons (Fsp3) is 0.909. The van der Waals surface area contributed by atoms with E-state index in [2.05, 4.69) is 0 Å². The van der Waals surface area contributed by atoms with Crippen molar-refractivity contribution in [2.75, 3.05) is 0 Å². The lowest BCUT2D eigenvalue weighted by molar-refractivity contribution is -0.265. The Morgan fingerprint density at radius 3 is 1.93 bits per heavy atom. The monoisotopic (exact) mass is 436 g/mol. The molecule has 2 saturated carbocycles. The molecule has 2 rings (SSSR count). The fourth-order valence-electron chi connectivity index (χ4n) is 4.35. The van der Waals surface area contributed by atoms with Crippen molar-refractivity contribution in [3.63, 3.8) is 0 Å². The van der Waals surface area contributed by atoms with Crippen LogP contribution in [0.5, 0.6) is 0 Å². The number of ether oxygens (including phenoxy) is 3. The molecule has 0 radical (unpaired) electrons. The van der Waals surface area contributed by atoms with Crippen molar-refractivity contribution in [3.05, 3.63) is 0 Å². The van der Waals surface area contributed by atoms with E-state index in [0.29, 0.717) is 19.3 Å². The van der Waals surface area contributed by atoms with Gasteiger partial charge in [0.1, 0.15) is 11.7 Å². The smallest absolute Gasteiger partial charge is 0.462 e. The molecule has 174 valence electrons. The summed E-state index contributed by atoms with van der Waals surface area (Å²) >= 11 is 0. The van der Waals surface area contributed by atoms with Gasteiger partial charge in [-0.05, 0) is 91.4 Å². The van der Waals surface area contributed by atoms with Gasteiger partial charge in [0.15, 0.2) is 0 Å². The van der Waals surface area contributed by atoms with Gasteiger partial charge in [0.2, 0.25) is 5.60 Å². The van der Waals surface area contributed by atoms with Crippen LogP contribution in [0.15, 0.2) is 0 Å². The summed E-state index contributed by atoms with van der Waals surface area (Å²) in [5.74, 6) is -0.442.